The summed E-state index contributed by atoms with van der Waals surface area (Å²) < 4.78 is 20.9. The molecule has 228 valence electrons. The van der Waals surface area contributed by atoms with Crippen LogP contribution >= 0.6 is 0 Å². The summed E-state index contributed by atoms with van der Waals surface area (Å²) in [5.41, 5.74) is 4.04. The van der Waals surface area contributed by atoms with Crippen molar-refractivity contribution >= 4 is 22.6 Å². The number of hydrogen-bond donors (Lipinski definition) is 4. The van der Waals surface area contributed by atoms with Gasteiger partial charge in [0.25, 0.3) is 0 Å². The molecule has 44 heavy (non-hydrogen) atoms. The molecule has 1 aliphatic rings. The lowest BCUT2D eigenvalue weighted by Crippen LogP contribution is -2.43. The van der Waals surface area contributed by atoms with Crippen LogP contribution < -0.4 is 15.5 Å². The predicted molar refractivity (Wildman–Crippen MR) is 162 cm³/mol. The highest BCUT2D eigenvalue weighted by Gasteiger charge is 2.26. The van der Waals surface area contributed by atoms with Gasteiger partial charge in [0.05, 0.1) is 41.6 Å². The molecule has 4 aromatic heterocycles. The average Bonchev–Trinajstić information content (AvgIpc) is 3.70. The van der Waals surface area contributed by atoms with Crippen molar-refractivity contribution in [2.24, 2.45) is 0 Å². The number of fused-ring (bicyclic) bond motifs is 1. The van der Waals surface area contributed by atoms with Crippen molar-refractivity contribution in [1.29, 1.82) is 0 Å². The van der Waals surface area contributed by atoms with E-state index in [-0.39, 0.29) is 18.1 Å². The summed E-state index contributed by atoms with van der Waals surface area (Å²) in [5, 5.41) is 20.8. The molecule has 4 N–H and O–H groups in total. The van der Waals surface area contributed by atoms with Crippen LogP contribution in [0.1, 0.15) is 61.4 Å². The summed E-state index contributed by atoms with van der Waals surface area (Å²) in [6, 6.07) is 8.02. The number of aliphatic hydroxyl groups excluding tert-OH is 1. The van der Waals surface area contributed by atoms with Crippen molar-refractivity contribution < 1.29 is 18.8 Å². The summed E-state index contributed by atoms with van der Waals surface area (Å²) in [7, 11) is 0. The standard InChI is InChI=1S/C31H34FN9O3/c1-17(37-28(43)29-39-30(40-44-29)31(2,3)4)20-12-23(32)21(11-18(20)15-42)26-22-13-25(38-27(22)36-16-35-26)24-6-5-19(14-34-24)41-9-7-33-8-10-41/h5-6,11-14,16-17,33,42H,7-10,15H2,1-4H3,(H,37,43)(H,35,36,38)/t17-/m1/s1. The molecule has 5 heterocycles. The number of benzene rings is 1. The molecule has 1 fully saturated rings. The maximum atomic E-state index is 15.8. The second-order valence-corrected chi connectivity index (χ2v) is 11.9. The van der Waals surface area contributed by atoms with E-state index in [1.54, 1.807) is 13.0 Å². The summed E-state index contributed by atoms with van der Waals surface area (Å²) in [5.74, 6) is -0.953. The number of piperazine rings is 1. The van der Waals surface area contributed by atoms with Crippen molar-refractivity contribution in [1.82, 2.24) is 40.7 Å². The number of aliphatic hydroxyl groups is 1. The number of aromatic nitrogens is 6. The number of halogens is 1. The van der Waals surface area contributed by atoms with Gasteiger partial charge in [0, 0.05) is 42.5 Å². The fourth-order valence-corrected chi connectivity index (χ4v) is 5.26. The molecule has 1 atom stereocenters. The third-order valence-electron chi connectivity index (χ3n) is 7.69. The van der Waals surface area contributed by atoms with E-state index in [1.165, 1.54) is 12.4 Å². The molecule has 13 heteroatoms. The van der Waals surface area contributed by atoms with Crippen molar-refractivity contribution in [2.75, 3.05) is 31.1 Å². The molecule has 1 amide bonds. The van der Waals surface area contributed by atoms with Gasteiger partial charge in [-0.2, -0.15) is 4.98 Å². The van der Waals surface area contributed by atoms with Gasteiger partial charge in [0.2, 0.25) is 0 Å². The van der Waals surface area contributed by atoms with Crippen molar-refractivity contribution in [2.45, 2.75) is 45.8 Å². The molecule has 0 bridgehead atoms. The Hall–Kier alpha value is -4.75. The first-order valence-electron chi connectivity index (χ1n) is 14.5. The molecule has 0 radical (unpaired) electrons. The van der Waals surface area contributed by atoms with Gasteiger partial charge in [0.1, 0.15) is 17.8 Å². The quantitative estimate of drug-likeness (QED) is 0.216. The molecular weight excluding hydrogens is 565 g/mol. The maximum Gasteiger partial charge on any atom is 0.315 e. The van der Waals surface area contributed by atoms with Gasteiger partial charge in [-0.05, 0) is 48.4 Å². The van der Waals surface area contributed by atoms with Crippen LogP contribution in [-0.4, -0.2) is 67.3 Å². The third kappa shape index (κ3) is 5.75. The molecule has 1 saturated heterocycles. The van der Waals surface area contributed by atoms with Gasteiger partial charge < -0.3 is 30.1 Å². The van der Waals surface area contributed by atoms with E-state index in [0.717, 1.165) is 43.3 Å². The van der Waals surface area contributed by atoms with Gasteiger partial charge in [-0.15, -0.1) is 0 Å². The highest BCUT2D eigenvalue weighted by molar-refractivity contribution is 5.94. The number of nitrogens with one attached hydrogen (secondary N) is 3. The smallest absolute Gasteiger partial charge is 0.315 e. The van der Waals surface area contributed by atoms with E-state index < -0.39 is 23.2 Å². The van der Waals surface area contributed by atoms with E-state index in [1.807, 2.05) is 45.2 Å². The monoisotopic (exact) mass is 599 g/mol. The lowest BCUT2D eigenvalue weighted by Gasteiger charge is -2.29. The zero-order valence-electron chi connectivity index (χ0n) is 25.0. The maximum absolute atomic E-state index is 15.8. The van der Waals surface area contributed by atoms with E-state index in [2.05, 4.69) is 45.6 Å². The normalized spacial score (nSPS) is 14.6. The van der Waals surface area contributed by atoms with Crippen LogP contribution in [-0.2, 0) is 12.0 Å². The summed E-state index contributed by atoms with van der Waals surface area (Å²) in [4.78, 5) is 36.0. The second-order valence-electron chi connectivity index (χ2n) is 11.9. The van der Waals surface area contributed by atoms with Crippen LogP contribution in [0.25, 0.3) is 33.7 Å². The minimum Gasteiger partial charge on any atom is -0.392 e. The number of H-pyrrole nitrogens is 1. The van der Waals surface area contributed by atoms with Gasteiger partial charge >= 0.3 is 11.8 Å². The van der Waals surface area contributed by atoms with Crippen LogP contribution in [0.5, 0.6) is 0 Å². The first kappa shape index (κ1) is 29.3. The molecule has 5 aromatic rings. The largest absolute Gasteiger partial charge is 0.392 e. The minimum atomic E-state index is -0.669. The number of pyridine rings is 1. The highest BCUT2D eigenvalue weighted by Crippen LogP contribution is 2.34. The number of nitrogens with zero attached hydrogens (tertiary/aromatic N) is 6. The third-order valence-corrected chi connectivity index (χ3v) is 7.69. The number of anilines is 1. The Morgan fingerprint density at radius 3 is 2.64 bits per heavy atom. The molecule has 12 nitrogen and oxygen atoms in total. The molecule has 0 spiro atoms. The highest BCUT2D eigenvalue weighted by atomic mass is 19.1. The fraction of sp³-hybridized carbons (Fsp3) is 0.355. The van der Waals surface area contributed by atoms with Crippen molar-refractivity contribution in [3.05, 3.63) is 71.5 Å². The Kier molecular flexibility index (Phi) is 7.82. The minimum absolute atomic E-state index is 0.191. The van der Waals surface area contributed by atoms with Crippen LogP contribution in [0.15, 0.2) is 47.4 Å². The number of aromatic amines is 1. The van der Waals surface area contributed by atoms with Crippen LogP contribution in [0, 0.1) is 5.82 Å². The number of amides is 1. The molecule has 0 saturated carbocycles. The molecule has 1 aromatic carbocycles. The van der Waals surface area contributed by atoms with Crippen LogP contribution in [0.3, 0.4) is 0 Å². The summed E-state index contributed by atoms with van der Waals surface area (Å²) >= 11 is 0. The Labute approximate surface area is 253 Å². The zero-order chi connectivity index (χ0) is 31.0. The lowest BCUT2D eigenvalue weighted by molar-refractivity contribution is 0.0895. The molecule has 0 unspecified atom stereocenters. The van der Waals surface area contributed by atoms with Crippen LogP contribution in [0.4, 0.5) is 10.1 Å². The Morgan fingerprint density at radius 2 is 1.95 bits per heavy atom. The Bertz CT molecular complexity index is 1800. The zero-order valence-corrected chi connectivity index (χ0v) is 25.0. The second kappa shape index (κ2) is 11.7. The van der Waals surface area contributed by atoms with Crippen molar-refractivity contribution in [3.8, 4) is 22.6 Å². The summed E-state index contributed by atoms with van der Waals surface area (Å²) in [6.45, 7) is 10.7. The fourth-order valence-electron chi connectivity index (χ4n) is 5.26. The van der Waals surface area contributed by atoms with Gasteiger partial charge in [0.15, 0.2) is 5.82 Å². The first-order valence-corrected chi connectivity index (χ1v) is 14.5. The Balaban J connectivity index is 1.27. The van der Waals surface area contributed by atoms with E-state index in [4.69, 9.17) is 4.52 Å². The van der Waals surface area contributed by atoms with E-state index in [0.29, 0.717) is 33.7 Å². The van der Waals surface area contributed by atoms with E-state index in [9.17, 15) is 9.90 Å². The lowest BCUT2D eigenvalue weighted by atomic mass is 9.96. The number of rotatable bonds is 7. The molecule has 0 aliphatic carbocycles. The number of carbonyl (C=O) groups is 1. The van der Waals surface area contributed by atoms with Gasteiger partial charge in [-0.1, -0.05) is 25.9 Å². The van der Waals surface area contributed by atoms with E-state index >= 15 is 4.39 Å². The van der Waals surface area contributed by atoms with Gasteiger partial charge in [-0.25, -0.2) is 14.4 Å². The topological polar surface area (TPSA) is 158 Å². The Morgan fingerprint density at radius 1 is 1.16 bits per heavy atom. The molecule has 1 aliphatic heterocycles. The van der Waals surface area contributed by atoms with Crippen molar-refractivity contribution in [3.63, 3.8) is 0 Å². The molecular formula is C31H34FN9O3. The van der Waals surface area contributed by atoms with Gasteiger partial charge in [-0.3, -0.25) is 9.78 Å². The molecule has 6 rings (SSSR count). The van der Waals surface area contributed by atoms with Crippen LogP contribution in [0.2, 0.25) is 0 Å². The average molecular weight is 600 g/mol. The SMILES string of the molecule is C[C@@H](NC(=O)c1nc(C(C)(C)C)no1)c1cc(F)c(-c2ncnc3[nH]c(-c4ccc(N5CCNCC5)cn4)cc23)cc1CO. The predicted octanol–water partition coefficient (Wildman–Crippen LogP) is 3.90. The number of carbonyl (C=O) groups excluding carboxylic acids is 1. The first-order chi connectivity index (χ1) is 21.1. The summed E-state index contributed by atoms with van der Waals surface area (Å²) in [6.07, 6.45) is 3.22. The number of hydrogen-bond acceptors (Lipinski definition) is 10.